The molecule has 0 spiro atoms. The molecule has 0 aromatic heterocycles. The highest BCUT2D eigenvalue weighted by Crippen LogP contribution is 2.18. The predicted octanol–water partition coefficient (Wildman–Crippen LogP) is 3.47. The summed E-state index contributed by atoms with van der Waals surface area (Å²) in [7, 11) is 0. The smallest absolute Gasteiger partial charge is 0.334 e. The maximum absolute atomic E-state index is 12.3. The van der Waals surface area contributed by atoms with Crippen LogP contribution >= 0.6 is 0 Å². The van der Waals surface area contributed by atoms with Gasteiger partial charge in [0.25, 0.3) is 0 Å². The minimum atomic E-state index is -1.48. The Hall–Kier alpha value is -4.02. The lowest BCUT2D eigenvalue weighted by Crippen LogP contribution is -2.31. The van der Waals surface area contributed by atoms with Crippen LogP contribution in [0.2, 0.25) is 0 Å². The highest BCUT2D eigenvalue weighted by atomic mass is 16.6. The molecule has 0 heterocycles. The summed E-state index contributed by atoms with van der Waals surface area (Å²) in [5.74, 6) is -1.30. The average molecular weight is 557 g/mol. The number of carbonyl (C=O) groups excluding carboxylic acids is 4. The van der Waals surface area contributed by atoms with E-state index in [4.69, 9.17) is 18.9 Å². The van der Waals surface area contributed by atoms with Crippen LogP contribution < -0.4 is 9.47 Å². The van der Waals surface area contributed by atoms with Gasteiger partial charge in [0.1, 0.15) is 49.1 Å². The van der Waals surface area contributed by atoms with Crippen LogP contribution in [0.3, 0.4) is 0 Å². The molecule has 0 fully saturated rings. The highest BCUT2D eigenvalue weighted by molar-refractivity contribution is 6.02. The standard InChI is InChI=1S/C30H36O10/c1-19(27(33)39-17-15-37-23-11-7-21(8-12-23)25(31)29(3,4)35)20(2)28(34)40-18-16-38-24-13-9-22(10-14-24)26(32)30(5,6)36/h7-14,35-36H,15-18H2,1-6H3/b20-19-. The molecule has 0 unspecified atom stereocenters. The molecule has 2 aromatic carbocycles. The predicted molar refractivity (Wildman–Crippen MR) is 145 cm³/mol. The van der Waals surface area contributed by atoms with Crippen LogP contribution in [-0.2, 0) is 19.1 Å². The molecule has 0 saturated heterocycles. The van der Waals surface area contributed by atoms with Gasteiger partial charge in [0.15, 0.2) is 11.6 Å². The van der Waals surface area contributed by atoms with Crippen molar-refractivity contribution < 1.29 is 48.3 Å². The lowest BCUT2D eigenvalue weighted by atomic mass is 9.97. The number of Topliss-reactive ketones (excluding diaryl/α,β-unsaturated/α-hetero) is 2. The summed E-state index contributed by atoms with van der Waals surface area (Å²) in [5.41, 5.74) is -2.08. The monoisotopic (exact) mass is 556 g/mol. The largest absolute Gasteiger partial charge is 0.490 e. The molecule has 0 saturated carbocycles. The first-order valence-corrected chi connectivity index (χ1v) is 12.6. The molecule has 0 aliphatic rings. The second-order valence-corrected chi connectivity index (χ2v) is 10.0. The summed E-state index contributed by atoms with van der Waals surface area (Å²) in [6.45, 7) is 8.49. The number of hydrogen-bond donors (Lipinski definition) is 2. The molecular weight excluding hydrogens is 520 g/mol. The molecule has 2 N–H and O–H groups in total. The van der Waals surface area contributed by atoms with Crippen molar-refractivity contribution in [2.45, 2.75) is 52.7 Å². The molecule has 0 radical (unpaired) electrons. The van der Waals surface area contributed by atoms with E-state index in [-0.39, 0.29) is 37.6 Å². The molecular formula is C30H36O10. The topological polar surface area (TPSA) is 146 Å². The van der Waals surface area contributed by atoms with Crippen molar-refractivity contribution >= 4 is 23.5 Å². The third-order valence-electron chi connectivity index (χ3n) is 5.69. The first kappa shape index (κ1) is 32.2. The lowest BCUT2D eigenvalue weighted by Gasteiger charge is -2.15. The number of benzene rings is 2. The molecule has 10 nitrogen and oxygen atoms in total. The molecule has 0 amide bonds. The van der Waals surface area contributed by atoms with E-state index in [9.17, 15) is 29.4 Å². The maximum Gasteiger partial charge on any atom is 0.334 e. The van der Waals surface area contributed by atoms with Crippen LogP contribution in [-0.4, -0.2) is 71.3 Å². The zero-order chi connectivity index (χ0) is 30.1. The van der Waals surface area contributed by atoms with Gasteiger partial charge in [-0.2, -0.15) is 0 Å². The van der Waals surface area contributed by atoms with Crippen molar-refractivity contribution in [3.8, 4) is 11.5 Å². The van der Waals surface area contributed by atoms with Crippen LogP contribution in [0.5, 0.6) is 11.5 Å². The van der Waals surface area contributed by atoms with Crippen molar-refractivity contribution in [1.82, 2.24) is 0 Å². The number of ether oxygens (including phenoxy) is 4. The van der Waals surface area contributed by atoms with Crippen LogP contribution in [0, 0.1) is 0 Å². The molecule has 0 aliphatic carbocycles. The number of carbonyl (C=O) groups is 4. The van der Waals surface area contributed by atoms with Gasteiger partial charge < -0.3 is 29.2 Å². The minimum absolute atomic E-state index is 0.0472. The van der Waals surface area contributed by atoms with E-state index in [0.717, 1.165) is 0 Å². The van der Waals surface area contributed by atoms with Crippen LogP contribution in [0.25, 0.3) is 0 Å². The number of ketones is 2. The Balaban J connectivity index is 1.73. The van der Waals surface area contributed by atoms with Crippen molar-refractivity contribution in [3.63, 3.8) is 0 Å². The van der Waals surface area contributed by atoms with Crippen LogP contribution in [0.4, 0.5) is 0 Å². The third-order valence-corrected chi connectivity index (χ3v) is 5.69. The summed E-state index contributed by atoms with van der Waals surface area (Å²) in [6, 6.07) is 12.4. The average Bonchev–Trinajstić information content (AvgIpc) is 2.91. The minimum Gasteiger partial charge on any atom is -0.490 e. The first-order chi connectivity index (χ1) is 18.6. The van der Waals surface area contributed by atoms with E-state index >= 15 is 0 Å². The summed E-state index contributed by atoms with van der Waals surface area (Å²) >= 11 is 0. The Morgan fingerprint density at radius 1 is 0.575 bits per heavy atom. The Labute approximate surface area is 233 Å². The van der Waals surface area contributed by atoms with Crippen LogP contribution in [0.1, 0.15) is 62.3 Å². The van der Waals surface area contributed by atoms with Gasteiger partial charge in [0.05, 0.1) is 0 Å². The zero-order valence-electron chi connectivity index (χ0n) is 23.6. The van der Waals surface area contributed by atoms with E-state index in [1.165, 1.54) is 65.8 Å². The fourth-order valence-electron chi connectivity index (χ4n) is 3.22. The molecule has 2 aromatic rings. The second kappa shape index (κ2) is 13.9. The van der Waals surface area contributed by atoms with Gasteiger partial charge in [-0.05, 0) is 90.1 Å². The third kappa shape index (κ3) is 9.62. The quantitative estimate of drug-likeness (QED) is 0.153. The Bertz CT molecular complexity index is 1130. The van der Waals surface area contributed by atoms with E-state index in [2.05, 4.69) is 0 Å². The summed E-state index contributed by atoms with van der Waals surface area (Å²) in [4.78, 5) is 48.7. The van der Waals surface area contributed by atoms with Gasteiger partial charge in [0, 0.05) is 22.3 Å². The van der Waals surface area contributed by atoms with Crippen molar-refractivity contribution in [1.29, 1.82) is 0 Å². The van der Waals surface area contributed by atoms with Gasteiger partial charge in [-0.3, -0.25) is 9.59 Å². The van der Waals surface area contributed by atoms with Gasteiger partial charge in [-0.25, -0.2) is 9.59 Å². The molecule has 40 heavy (non-hydrogen) atoms. The summed E-state index contributed by atoms with van der Waals surface area (Å²) in [6.07, 6.45) is 0. The number of rotatable bonds is 14. The van der Waals surface area contributed by atoms with E-state index in [0.29, 0.717) is 22.6 Å². The number of esters is 2. The Morgan fingerprint density at radius 3 is 1.15 bits per heavy atom. The fourth-order valence-corrected chi connectivity index (χ4v) is 3.22. The van der Waals surface area contributed by atoms with E-state index in [1.54, 1.807) is 24.3 Å². The van der Waals surface area contributed by atoms with Crippen molar-refractivity contribution in [3.05, 3.63) is 70.8 Å². The molecule has 2 rings (SSSR count). The first-order valence-electron chi connectivity index (χ1n) is 12.6. The maximum atomic E-state index is 12.3. The Kier molecular flexibility index (Phi) is 11.2. The van der Waals surface area contributed by atoms with Gasteiger partial charge in [-0.15, -0.1) is 0 Å². The van der Waals surface area contributed by atoms with Gasteiger partial charge >= 0.3 is 11.9 Å². The van der Waals surface area contributed by atoms with Crippen molar-refractivity contribution in [2.24, 2.45) is 0 Å². The van der Waals surface area contributed by atoms with Gasteiger partial charge in [-0.1, -0.05) is 0 Å². The van der Waals surface area contributed by atoms with Crippen LogP contribution in [0.15, 0.2) is 59.7 Å². The fraction of sp³-hybridized carbons (Fsp3) is 0.400. The van der Waals surface area contributed by atoms with E-state index in [1.807, 2.05) is 0 Å². The van der Waals surface area contributed by atoms with Crippen molar-refractivity contribution in [2.75, 3.05) is 26.4 Å². The summed E-state index contributed by atoms with van der Waals surface area (Å²) < 4.78 is 21.3. The lowest BCUT2D eigenvalue weighted by molar-refractivity contribution is -0.142. The SMILES string of the molecule is C/C(C(=O)OCCOc1ccc(C(=O)C(C)(C)O)cc1)=C(\C)C(=O)OCCOc1ccc(C(=O)C(C)(C)O)cc1. The highest BCUT2D eigenvalue weighted by Gasteiger charge is 2.26. The van der Waals surface area contributed by atoms with Gasteiger partial charge in [0.2, 0.25) is 0 Å². The molecule has 0 aliphatic heterocycles. The normalized spacial score (nSPS) is 12.2. The number of aliphatic hydroxyl groups is 2. The molecule has 0 bridgehead atoms. The number of hydrogen-bond acceptors (Lipinski definition) is 10. The molecule has 10 heteroatoms. The van der Waals surface area contributed by atoms with E-state index < -0.39 is 34.7 Å². The zero-order valence-corrected chi connectivity index (χ0v) is 23.6. The second-order valence-electron chi connectivity index (χ2n) is 10.0. The molecule has 0 atom stereocenters. The summed E-state index contributed by atoms with van der Waals surface area (Å²) in [5, 5.41) is 19.6. The molecule has 216 valence electrons. The Morgan fingerprint density at radius 2 is 0.875 bits per heavy atom.